The molecule has 0 fully saturated rings. The molecule has 7 heteroatoms. The third-order valence-corrected chi connectivity index (χ3v) is 4.01. The van der Waals surface area contributed by atoms with Crippen LogP contribution in [0.15, 0.2) is 47.6 Å². The van der Waals surface area contributed by atoms with Crippen LogP contribution >= 0.6 is 0 Å². The molecule has 136 valence electrons. The summed E-state index contributed by atoms with van der Waals surface area (Å²) in [6, 6.07) is 11.7. The van der Waals surface area contributed by atoms with Crippen LogP contribution in [-0.4, -0.2) is 30.1 Å². The molecule has 0 aliphatic heterocycles. The summed E-state index contributed by atoms with van der Waals surface area (Å²) in [6.45, 7) is 7.46. The van der Waals surface area contributed by atoms with E-state index in [0.29, 0.717) is 11.1 Å². The number of carbonyl (C=O) groups excluding carboxylic acids is 1. The summed E-state index contributed by atoms with van der Waals surface area (Å²) in [5, 5.41) is 15.0. The van der Waals surface area contributed by atoms with E-state index in [1.54, 1.807) is 18.2 Å². The minimum Gasteiger partial charge on any atom is -0.372 e. The van der Waals surface area contributed by atoms with Gasteiger partial charge in [0.15, 0.2) is 0 Å². The van der Waals surface area contributed by atoms with Gasteiger partial charge in [-0.2, -0.15) is 5.10 Å². The Kier molecular flexibility index (Phi) is 6.43. The Hall–Kier alpha value is -3.22. The highest BCUT2D eigenvalue weighted by Gasteiger charge is 2.13. The Morgan fingerprint density at radius 2 is 1.85 bits per heavy atom. The summed E-state index contributed by atoms with van der Waals surface area (Å²) in [5.41, 5.74) is 5.40. The Balaban J connectivity index is 2.23. The third-order valence-electron chi connectivity index (χ3n) is 4.01. The van der Waals surface area contributed by atoms with Gasteiger partial charge in [0.25, 0.3) is 11.6 Å². The topological polar surface area (TPSA) is 87.8 Å². The number of nitro benzene ring substituents is 1. The van der Waals surface area contributed by atoms with Crippen molar-refractivity contribution in [2.24, 2.45) is 5.10 Å². The Labute approximate surface area is 152 Å². The molecule has 0 radical (unpaired) electrons. The molecule has 0 saturated carbocycles. The monoisotopic (exact) mass is 354 g/mol. The van der Waals surface area contributed by atoms with E-state index in [1.807, 2.05) is 32.9 Å². The quantitative estimate of drug-likeness (QED) is 0.468. The van der Waals surface area contributed by atoms with Gasteiger partial charge >= 0.3 is 0 Å². The molecule has 0 spiro atoms. The van der Waals surface area contributed by atoms with Crippen molar-refractivity contribution in [3.8, 4) is 0 Å². The van der Waals surface area contributed by atoms with Gasteiger partial charge in [0.05, 0.1) is 11.1 Å². The molecule has 0 aliphatic rings. The van der Waals surface area contributed by atoms with Gasteiger partial charge in [-0.1, -0.05) is 17.7 Å². The van der Waals surface area contributed by atoms with Gasteiger partial charge in [0, 0.05) is 42.0 Å². The molecule has 1 amide bonds. The molecule has 2 aromatic carbocycles. The van der Waals surface area contributed by atoms with Gasteiger partial charge in [0.1, 0.15) is 0 Å². The SMILES string of the molecule is CCN(CC)c1ccc([N+](=O)[O-])cc1/C=N\NC(=O)c1ccc(C)cc1. The molecule has 0 aromatic heterocycles. The lowest BCUT2D eigenvalue weighted by atomic mass is 10.1. The van der Waals surface area contributed by atoms with Crippen molar-refractivity contribution >= 4 is 23.5 Å². The molecular weight excluding hydrogens is 332 g/mol. The summed E-state index contributed by atoms with van der Waals surface area (Å²) in [7, 11) is 0. The Morgan fingerprint density at radius 1 is 1.19 bits per heavy atom. The van der Waals surface area contributed by atoms with Crippen molar-refractivity contribution in [1.29, 1.82) is 0 Å². The smallest absolute Gasteiger partial charge is 0.271 e. The zero-order chi connectivity index (χ0) is 19.1. The van der Waals surface area contributed by atoms with Crippen LogP contribution in [0.2, 0.25) is 0 Å². The first kappa shape index (κ1) is 19.1. The van der Waals surface area contributed by atoms with Crippen LogP contribution in [0.4, 0.5) is 11.4 Å². The van der Waals surface area contributed by atoms with Crippen molar-refractivity contribution in [2.75, 3.05) is 18.0 Å². The largest absolute Gasteiger partial charge is 0.372 e. The Bertz CT molecular complexity index is 812. The number of nitrogens with zero attached hydrogens (tertiary/aromatic N) is 3. The number of hydrogen-bond acceptors (Lipinski definition) is 5. The number of benzene rings is 2. The average molecular weight is 354 g/mol. The van der Waals surface area contributed by atoms with Gasteiger partial charge in [-0.25, -0.2) is 5.43 Å². The number of anilines is 1. The van der Waals surface area contributed by atoms with Crippen molar-refractivity contribution in [1.82, 2.24) is 5.43 Å². The van der Waals surface area contributed by atoms with Crippen LogP contribution in [0.5, 0.6) is 0 Å². The van der Waals surface area contributed by atoms with Crippen LogP contribution in [0, 0.1) is 17.0 Å². The van der Waals surface area contributed by atoms with E-state index < -0.39 is 4.92 Å². The fraction of sp³-hybridized carbons (Fsp3) is 0.263. The summed E-state index contributed by atoms with van der Waals surface area (Å²) in [4.78, 5) is 24.8. The van der Waals surface area contributed by atoms with Crippen LogP contribution in [0.3, 0.4) is 0 Å². The predicted octanol–water partition coefficient (Wildman–Crippen LogP) is 3.51. The minimum absolute atomic E-state index is 0.0211. The second-order valence-electron chi connectivity index (χ2n) is 5.74. The summed E-state index contributed by atoms with van der Waals surface area (Å²) < 4.78 is 0. The number of hydrogen-bond donors (Lipinski definition) is 1. The zero-order valence-corrected chi connectivity index (χ0v) is 15.1. The minimum atomic E-state index is -0.450. The first-order chi connectivity index (χ1) is 12.5. The number of hydrazone groups is 1. The molecule has 0 heterocycles. The highest BCUT2D eigenvalue weighted by Crippen LogP contribution is 2.24. The van der Waals surface area contributed by atoms with Gasteiger partial charge in [-0.15, -0.1) is 0 Å². The number of nitrogens with one attached hydrogen (secondary N) is 1. The number of aryl methyl sites for hydroxylation is 1. The molecule has 2 rings (SSSR count). The molecule has 0 saturated heterocycles. The van der Waals surface area contributed by atoms with E-state index in [4.69, 9.17) is 0 Å². The number of amides is 1. The highest BCUT2D eigenvalue weighted by atomic mass is 16.6. The van der Waals surface area contributed by atoms with Crippen molar-refractivity contribution in [3.63, 3.8) is 0 Å². The molecule has 7 nitrogen and oxygen atoms in total. The summed E-state index contributed by atoms with van der Waals surface area (Å²) >= 11 is 0. The highest BCUT2D eigenvalue weighted by molar-refractivity contribution is 5.95. The van der Waals surface area contributed by atoms with Gasteiger partial charge in [-0.3, -0.25) is 14.9 Å². The number of nitro groups is 1. The predicted molar refractivity (Wildman–Crippen MR) is 103 cm³/mol. The van der Waals surface area contributed by atoms with E-state index in [2.05, 4.69) is 15.4 Å². The van der Waals surface area contributed by atoms with Gasteiger partial charge in [0.2, 0.25) is 0 Å². The second kappa shape index (κ2) is 8.75. The summed E-state index contributed by atoms with van der Waals surface area (Å²) in [5.74, 6) is -0.337. The van der Waals surface area contributed by atoms with Crippen molar-refractivity contribution in [2.45, 2.75) is 20.8 Å². The molecular formula is C19H22N4O3. The maximum atomic E-state index is 12.1. The van der Waals surface area contributed by atoms with Crippen LogP contribution in [-0.2, 0) is 0 Å². The van der Waals surface area contributed by atoms with E-state index in [0.717, 1.165) is 24.3 Å². The maximum Gasteiger partial charge on any atom is 0.271 e. The maximum absolute atomic E-state index is 12.1. The van der Waals surface area contributed by atoms with E-state index in [-0.39, 0.29) is 11.6 Å². The summed E-state index contributed by atoms with van der Waals surface area (Å²) in [6.07, 6.45) is 1.44. The lowest BCUT2D eigenvalue weighted by molar-refractivity contribution is -0.384. The number of rotatable bonds is 7. The number of carbonyl (C=O) groups is 1. The van der Waals surface area contributed by atoms with Gasteiger partial charge in [-0.05, 0) is 39.0 Å². The molecule has 2 aromatic rings. The van der Waals surface area contributed by atoms with Crippen LogP contribution in [0.25, 0.3) is 0 Å². The van der Waals surface area contributed by atoms with Crippen LogP contribution in [0.1, 0.15) is 35.3 Å². The van der Waals surface area contributed by atoms with Crippen molar-refractivity contribution < 1.29 is 9.72 Å². The molecule has 1 N–H and O–H groups in total. The number of non-ortho nitro benzene ring substituents is 1. The van der Waals surface area contributed by atoms with Crippen molar-refractivity contribution in [3.05, 3.63) is 69.3 Å². The third kappa shape index (κ3) is 4.66. The van der Waals surface area contributed by atoms with Gasteiger partial charge < -0.3 is 4.90 Å². The first-order valence-electron chi connectivity index (χ1n) is 8.39. The average Bonchev–Trinajstić information content (AvgIpc) is 2.64. The fourth-order valence-electron chi connectivity index (χ4n) is 2.54. The first-order valence-corrected chi connectivity index (χ1v) is 8.39. The second-order valence-corrected chi connectivity index (χ2v) is 5.74. The Morgan fingerprint density at radius 3 is 2.42 bits per heavy atom. The zero-order valence-electron chi connectivity index (χ0n) is 15.1. The standard InChI is InChI=1S/C19H22N4O3/c1-4-22(5-2)18-11-10-17(23(25)26)12-16(18)13-20-21-19(24)15-8-6-14(3)7-9-15/h6-13H,4-5H2,1-3H3,(H,21,24)/b20-13-. The van der Waals surface area contributed by atoms with Crippen LogP contribution < -0.4 is 10.3 Å². The van der Waals surface area contributed by atoms with E-state index in [1.165, 1.54) is 18.3 Å². The fourth-order valence-corrected chi connectivity index (χ4v) is 2.54. The molecule has 0 unspecified atom stereocenters. The molecule has 0 bridgehead atoms. The van der Waals surface area contributed by atoms with E-state index >= 15 is 0 Å². The molecule has 0 atom stereocenters. The lowest BCUT2D eigenvalue weighted by Crippen LogP contribution is -2.23. The molecule has 26 heavy (non-hydrogen) atoms. The lowest BCUT2D eigenvalue weighted by Gasteiger charge is -2.22. The molecule has 0 aliphatic carbocycles. The normalized spacial score (nSPS) is 10.7. The van der Waals surface area contributed by atoms with E-state index in [9.17, 15) is 14.9 Å².